The molecule has 1 aromatic rings. The van der Waals surface area contributed by atoms with Gasteiger partial charge in [-0.15, -0.1) is 0 Å². The first-order valence-corrected chi connectivity index (χ1v) is 7.22. The van der Waals surface area contributed by atoms with Crippen LogP contribution < -0.4 is 15.4 Å². The first-order chi connectivity index (χ1) is 10.7. The first kappa shape index (κ1) is 16.5. The second-order valence-corrected chi connectivity index (χ2v) is 4.98. The maximum Gasteiger partial charge on any atom is 0.315 e. The number of halogens is 1. The molecule has 2 atom stereocenters. The zero-order valence-corrected chi connectivity index (χ0v) is 12.5. The zero-order valence-electron chi connectivity index (χ0n) is 12.5. The summed E-state index contributed by atoms with van der Waals surface area (Å²) in [5, 5.41) is 5.55. The van der Waals surface area contributed by atoms with E-state index in [0.717, 1.165) is 0 Å². The van der Waals surface area contributed by atoms with Crippen LogP contribution in [0.3, 0.4) is 0 Å². The number of hydrogen-bond acceptors (Lipinski definition) is 4. The Morgan fingerprint density at radius 1 is 1.50 bits per heavy atom. The fourth-order valence-electron chi connectivity index (χ4n) is 2.19. The molecule has 2 amide bonds. The quantitative estimate of drug-likeness (QED) is 0.777. The molecule has 1 saturated heterocycles. The van der Waals surface area contributed by atoms with Gasteiger partial charge >= 0.3 is 6.03 Å². The summed E-state index contributed by atoms with van der Waals surface area (Å²) in [5.41, 5.74) is 0. The number of nitrogens with one attached hydrogen (secondary N) is 2. The number of methoxy groups -OCH3 is 1. The summed E-state index contributed by atoms with van der Waals surface area (Å²) in [7, 11) is 1.57. The van der Waals surface area contributed by atoms with Crippen molar-refractivity contribution in [1.29, 1.82) is 0 Å². The number of benzene rings is 1. The predicted molar refractivity (Wildman–Crippen MR) is 78.5 cm³/mol. The Balaban J connectivity index is 1.89. The van der Waals surface area contributed by atoms with Crippen LogP contribution in [0.25, 0.3) is 0 Å². The summed E-state index contributed by atoms with van der Waals surface area (Å²) in [6, 6.07) is 5.44. The normalized spacial score (nSPS) is 21.2. The van der Waals surface area contributed by atoms with E-state index >= 15 is 0 Å². The smallest absolute Gasteiger partial charge is 0.315 e. The highest BCUT2D eigenvalue weighted by Crippen LogP contribution is 2.18. The van der Waals surface area contributed by atoms with Gasteiger partial charge in [-0.25, -0.2) is 9.18 Å². The van der Waals surface area contributed by atoms with Gasteiger partial charge in [0.25, 0.3) is 0 Å². The van der Waals surface area contributed by atoms with Gasteiger partial charge < -0.3 is 24.8 Å². The third-order valence-electron chi connectivity index (χ3n) is 3.30. The fourth-order valence-corrected chi connectivity index (χ4v) is 2.19. The van der Waals surface area contributed by atoms with Crippen molar-refractivity contribution >= 4 is 6.03 Å². The van der Waals surface area contributed by atoms with Crippen LogP contribution in [0, 0.1) is 5.82 Å². The minimum atomic E-state index is -0.365. The van der Waals surface area contributed by atoms with Crippen LogP contribution in [0.4, 0.5) is 9.18 Å². The third-order valence-corrected chi connectivity index (χ3v) is 3.30. The Morgan fingerprint density at radius 2 is 2.36 bits per heavy atom. The molecule has 2 rings (SSSR count). The Hall–Kier alpha value is -1.86. The summed E-state index contributed by atoms with van der Waals surface area (Å²) in [4.78, 5) is 11.8. The Bertz CT molecular complexity index is 486. The Labute approximate surface area is 128 Å². The largest absolute Gasteiger partial charge is 0.486 e. The van der Waals surface area contributed by atoms with Crippen LogP contribution in [0.1, 0.15) is 6.42 Å². The van der Waals surface area contributed by atoms with Crippen molar-refractivity contribution in [2.24, 2.45) is 0 Å². The average Bonchev–Trinajstić information content (AvgIpc) is 2.50. The average molecular weight is 312 g/mol. The lowest BCUT2D eigenvalue weighted by atomic mass is 10.1. The van der Waals surface area contributed by atoms with E-state index < -0.39 is 0 Å². The topological polar surface area (TPSA) is 68.8 Å². The van der Waals surface area contributed by atoms with Gasteiger partial charge in [-0.3, -0.25) is 0 Å². The number of rotatable bonds is 6. The maximum atomic E-state index is 13.2. The standard InChI is InChI=1S/C15H21FN2O4/c1-20-8-6-17-15(19)18-13-5-7-21-10-14(13)22-12-4-2-3-11(16)9-12/h2-4,9,13-14H,5-8,10H2,1H3,(H2,17,18,19)/t13-,14-/m1/s1. The molecule has 22 heavy (non-hydrogen) atoms. The summed E-state index contributed by atoms with van der Waals surface area (Å²) in [5.74, 6) is 0.0538. The van der Waals surface area contributed by atoms with E-state index in [4.69, 9.17) is 14.2 Å². The minimum absolute atomic E-state index is 0.195. The molecule has 6 nitrogen and oxygen atoms in total. The molecule has 1 aliphatic heterocycles. The van der Waals surface area contributed by atoms with Gasteiger partial charge in [0.2, 0.25) is 0 Å². The van der Waals surface area contributed by atoms with E-state index in [1.54, 1.807) is 19.2 Å². The molecule has 122 valence electrons. The van der Waals surface area contributed by atoms with Crippen molar-refractivity contribution in [2.45, 2.75) is 18.6 Å². The molecule has 7 heteroatoms. The summed E-state index contributed by atoms with van der Waals surface area (Å²) >= 11 is 0. The number of hydrogen-bond donors (Lipinski definition) is 2. The Morgan fingerprint density at radius 3 is 3.14 bits per heavy atom. The second kappa shape index (κ2) is 8.55. The van der Waals surface area contributed by atoms with Gasteiger partial charge in [0.15, 0.2) is 0 Å². The molecular formula is C15H21FN2O4. The summed E-state index contributed by atoms with van der Waals surface area (Å²) in [6.07, 6.45) is 0.279. The highest BCUT2D eigenvalue weighted by atomic mass is 19.1. The van der Waals surface area contributed by atoms with E-state index in [0.29, 0.717) is 38.5 Å². The number of carbonyl (C=O) groups excluding carboxylic acids is 1. The first-order valence-electron chi connectivity index (χ1n) is 7.22. The van der Waals surface area contributed by atoms with Crippen molar-refractivity contribution in [3.05, 3.63) is 30.1 Å². The van der Waals surface area contributed by atoms with Gasteiger partial charge in [0.05, 0.1) is 19.3 Å². The van der Waals surface area contributed by atoms with E-state index in [9.17, 15) is 9.18 Å². The number of carbonyl (C=O) groups is 1. The molecule has 2 N–H and O–H groups in total. The number of ether oxygens (including phenoxy) is 3. The third kappa shape index (κ3) is 5.16. The van der Waals surface area contributed by atoms with E-state index in [1.807, 2.05) is 0 Å². The molecule has 0 bridgehead atoms. The van der Waals surface area contributed by atoms with E-state index in [1.165, 1.54) is 12.1 Å². The molecule has 0 aromatic heterocycles. The number of urea groups is 1. The highest BCUT2D eigenvalue weighted by molar-refractivity contribution is 5.74. The van der Waals surface area contributed by atoms with Crippen LogP contribution in [0.2, 0.25) is 0 Å². The van der Waals surface area contributed by atoms with Gasteiger partial charge in [-0.1, -0.05) is 6.07 Å². The minimum Gasteiger partial charge on any atom is -0.486 e. The zero-order chi connectivity index (χ0) is 15.8. The Kier molecular flexibility index (Phi) is 6.42. The lowest BCUT2D eigenvalue weighted by Crippen LogP contribution is -2.54. The second-order valence-electron chi connectivity index (χ2n) is 4.98. The van der Waals surface area contributed by atoms with Crippen molar-refractivity contribution in [1.82, 2.24) is 10.6 Å². The molecule has 0 saturated carbocycles. The highest BCUT2D eigenvalue weighted by Gasteiger charge is 2.29. The molecule has 0 spiro atoms. The van der Waals surface area contributed by atoms with Crippen LogP contribution in [-0.2, 0) is 9.47 Å². The fraction of sp³-hybridized carbons (Fsp3) is 0.533. The van der Waals surface area contributed by atoms with Crippen molar-refractivity contribution in [3.63, 3.8) is 0 Å². The van der Waals surface area contributed by atoms with Crippen molar-refractivity contribution in [2.75, 3.05) is 33.5 Å². The lowest BCUT2D eigenvalue weighted by Gasteiger charge is -2.32. The molecule has 1 heterocycles. The van der Waals surface area contributed by atoms with Crippen molar-refractivity contribution < 1.29 is 23.4 Å². The molecule has 1 fully saturated rings. The lowest BCUT2D eigenvalue weighted by molar-refractivity contribution is -0.0120. The van der Waals surface area contributed by atoms with Gasteiger partial charge in [0, 0.05) is 26.3 Å². The van der Waals surface area contributed by atoms with Gasteiger partial charge in [0.1, 0.15) is 17.7 Å². The number of amides is 2. The summed E-state index contributed by atoms with van der Waals surface area (Å²) in [6.45, 7) is 1.77. The molecule has 0 aliphatic carbocycles. The van der Waals surface area contributed by atoms with Crippen LogP contribution in [-0.4, -0.2) is 51.7 Å². The summed E-state index contributed by atoms with van der Waals surface area (Å²) < 4.78 is 29.2. The monoisotopic (exact) mass is 312 g/mol. The van der Waals surface area contributed by atoms with Gasteiger partial charge in [-0.2, -0.15) is 0 Å². The van der Waals surface area contributed by atoms with Crippen LogP contribution >= 0.6 is 0 Å². The van der Waals surface area contributed by atoms with E-state index in [-0.39, 0.29) is 24.0 Å². The molecule has 1 aromatic carbocycles. The molecular weight excluding hydrogens is 291 g/mol. The predicted octanol–water partition coefficient (Wildman–Crippen LogP) is 1.31. The molecule has 1 aliphatic rings. The van der Waals surface area contributed by atoms with Gasteiger partial charge in [-0.05, 0) is 18.6 Å². The van der Waals surface area contributed by atoms with Crippen LogP contribution in [0.15, 0.2) is 24.3 Å². The van der Waals surface area contributed by atoms with Crippen molar-refractivity contribution in [3.8, 4) is 5.75 Å². The molecule has 0 unspecified atom stereocenters. The maximum absolute atomic E-state index is 13.2. The van der Waals surface area contributed by atoms with Crippen LogP contribution in [0.5, 0.6) is 5.75 Å². The van der Waals surface area contributed by atoms with E-state index in [2.05, 4.69) is 10.6 Å². The molecule has 0 radical (unpaired) electrons. The SMILES string of the molecule is COCCNC(=O)N[C@@H]1CCOC[C@H]1Oc1cccc(F)c1.